The van der Waals surface area contributed by atoms with Crippen molar-refractivity contribution in [3.8, 4) is 55.9 Å². The molecule has 0 saturated heterocycles. The lowest BCUT2D eigenvalue weighted by atomic mass is 9.91. The van der Waals surface area contributed by atoms with E-state index in [0.29, 0.717) is 0 Å². The molecule has 0 aliphatic rings. The van der Waals surface area contributed by atoms with Crippen molar-refractivity contribution >= 4 is 65.6 Å². The third-order valence-corrected chi connectivity index (χ3v) is 13.0. The van der Waals surface area contributed by atoms with Crippen LogP contribution in [0.4, 0.5) is 0 Å². The SMILES string of the molecule is c1ccc(-c2ccc(-n3c4ccccc4c4ccc(-c5cccc6c5c5ccccc5n6-c5ccc(-c6ccccc6-c6ccccc6)c6c5oc5ccccc56)cc43)cc2)cc1. The summed E-state index contributed by atoms with van der Waals surface area (Å²) >= 11 is 0. The molecule has 0 aliphatic heterocycles. The van der Waals surface area contributed by atoms with Gasteiger partial charge in [0.25, 0.3) is 0 Å². The van der Waals surface area contributed by atoms with E-state index in [-0.39, 0.29) is 0 Å². The molecule has 13 rings (SSSR count). The number of fused-ring (bicyclic) bond motifs is 9. The molecular weight excluding hydrogens is 765 g/mol. The van der Waals surface area contributed by atoms with E-state index in [1.54, 1.807) is 0 Å². The number of para-hydroxylation sites is 3. The van der Waals surface area contributed by atoms with Crippen LogP contribution in [0.1, 0.15) is 0 Å². The fraction of sp³-hybridized carbons (Fsp3) is 0. The van der Waals surface area contributed by atoms with Gasteiger partial charge < -0.3 is 13.6 Å². The summed E-state index contributed by atoms with van der Waals surface area (Å²) in [5.74, 6) is 0. The van der Waals surface area contributed by atoms with Gasteiger partial charge >= 0.3 is 0 Å². The Morgan fingerprint density at radius 3 is 1.65 bits per heavy atom. The molecule has 0 radical (unpaired) electrons. The molecule has 3 heterocycles. The molecule has 0 amide bonds. The monoisotopic (exact) mass is 802 g/mol. The second-order valence-corrected chi connectivity index (χ2v) is 16.4. The molecule has 63 heavy (non-hydrogen) atoms. The standard InChI is InChI=1S/C60H38N2O/c1-3-16-39(17-4-1)40-30-33-43(34-31-40)61-52-26-12-9-22-47(52)48-35-32-42(38-56(48)61)45-25-15-28-54-58(45)50-23-10-13-27-53(50)62(54)55-37-36-49(59-51-24-11-14-29-57(51)63-60(55)59)46-21-8-7-20-44(46)41-18-5-2-6-19-41/h1-38H. The molecule has 0 atom stereocenters. The quantitative estimate of drug-likeness (QED) is 0.164. The van der Waals surface area contributed by atoms with E-state index in [0.717, 1.165) is 49.9 Å². The van der Waals surface area contributed by atoms with Crippen molar-refractivity contribution < 1.29 is 4.42 Å². The van der Waals surface area contributed by atoms with Crippen molar-refractivity contribution in [2.24, 2.45) is 0 Å². The Morgan fingerprint density at radius 1 is 0.286 bits per heavy atom. The summed E-state index contributed by atoms with van der Waals surface area (Å²) in [6.07, 6.45) is 0. The minimum atomic E-state index is 0.869. The number of hydrogen-bond donors (Lipinski definition) is 0. The summed E-state index contributed by atoms with van der Waals surface area (Å²) in [7, 11) is 0. The molecule has 294 valence electrons. The summed E-state index contributed by atoms with van der Waals surface area (Å²) in [6.45, 7) is 0. The van der Waals surface area contributed by atoms with Gasteiger partial charge in [-0.25, -0.2) is 0 Å². The molecular formula is C60H38N2O. The normalized spacial score (nSPS) is 11.8. The van der Waals surface area contributed by atoms with E-state index < -0.39 is 0 Å². The van der Waals surface area contributed by atoms with Crippen LogP contribution in [0.15, 0.2) is 235 Å². The smallest absolute Gasteiger partial charge is 0.160 e. The first kappa shape index (κ1) is 35.4. The van der Waals surface area contributed by atoms with E-state index in [9.17, 15) is 0 Å². The van der Waals surface area contributed by atoms with Crippen LogP contribution in [0, 0.1) is 0 Å². The zero-order chi connectivity index (χ0) is 41.4. The molecule has 10 aromatic carbocycles. The van der Waals surface area contributed by atoms with Crippen LogP contribution in [0.25, 0.3) is 121 Å². The fourth-order valence-corrected chi connectivity index (χ4v) is 10.2. The van der Waals surface area contributed by atoms with E-state index in [2.05, 4.69) is 240 Å². The van der Waals surface area contributed by atoms with Crippen LogP contribution < -0.4 is 0 Å². The number of benzene rings is 10. The highest BCUT2D eigenvalue weighted by atomic mass is 16.3. The Balaban J connectivity index is 1.03. The lowest BCUT2D eigenvalue weighted by molar-refractivity contribution is 0.666. The van der Waals surface area contributed by atoms with Gasteiger partial charge in [0.2, 0.25) is 0 Å². The van der Waals surface area contributed by atoms with Gasteiger partial charge in [0.05, 0.1) is 27.8 Å². The molecule has 3 heteroatoms. The lowest BCUT2D eigenvalue weighted by Gasteiger charge is -2.14. The van der Waals surface area contributed by atoms with Gasteiger partial charge in [0.15, 0.2) is 5.58 Å². The summed E-state index contributed by atoms with van der Waals surface area (Å²) in [5, 5.41) is 7.10. The minimum absolute atomic E-state index is 0.869. The third-order valence-electron chi connectivity index (χ3n) is 13.0. The Hall–Kier alpha value is -8.40. The van der Waals surface area contributed by atoms with Gasteiger partial charge in [-0.1, -0.05) is 182 Å². The average Bonchev–Trinajstić information content (AvgIpc) is 4.03. The van der Waals surface area contributed by atoms with Crippen LogP contribution in [0.5, 0.6) is 0 Å². The van der Waals surface area contributed by atoms with Gasteiger partial charge in [0, 0.05) is 38.0 Å². The second-order valence-electron chi connectivity index (χ2n) is 16.4. The van der Waals surface area contributed by atoms with Crippen LogP contribution >= 0.6 is 0 Å². The van der Waals surface area contributed by atoms with E-state index in [1.165, 1.54) is 71.5 Å². The maximum absolute atomic E-state index is 6.97. The first-order valence-corrected chi connectivity index (χ1v) is 21.6. The van der Waals surface area contributed by atoms with Gasteiger partial charge in [0.1, 0.15) is 5.58 Å². The van der Waals surface area contributed by atoms with Crippen molar-refractivity contribution in [2.75, 3.05) is 0 Å². The van der Waals surface area contributed by atoms with Crippen LogP contribution in [0.3, 0.4) is 0 Å². The average molecular weight is 803 g/mol. The lowest BCUT2D eigenvalue weighted by Crippen LogP contribution is -1.96. The predicted octanol–water partition coefficient (Wildman–Crippen LogP) is 16.4. The van der Waals surface area contributed by atoms with Crippen molar-refractivity contribution in [2.45, 2.75) is 0 Å². The van der Waals surface area contributed by atoms with E-state index in [1.807, 2.05) is 0 Å². The Kier molecular flexibility index (Phi) is 7.91. The largest absolute Gasteiger partial charge is 0.454 e. The summed E-state index contributed by atoms with van der Waals surface area (Å²) in [5.41, 5.74) is 18.0. The summed E-state index contributed by atoms with van der Waals surface area (Å²) in [6, 6.07) is 83.3. The number of rotatable bonds is 6. The van der Waals surface area contributed by atoms with Crippen molar-refractivity contribution in [1.82, 2.24) is 9.13 Å². The van der Waals surface area contributed by atoms with Gasteiger partial charge in [-0.05, 0) is 93.0 Å². The zero-order valence-corrected chi connectivity index (χ0v) is 34.2. The molecule has 3 aromatic heterocycles. The molecule has 0 bridgehead atoms. The highest BCUT2D eigenvalue weighted by Gasteiger charge is 2.23. The molecule has 0 unspecified atom stereocenters. The molecule has 0 spiro atoms. The summed E-state index contributed by atoms with van der Waals surface area (Å²) in [4.78, 5) is 0. The van der Waals surface area contributed by atoms with Crippen molar-refractivity contribution in [1.29, 1.82) is 0 Å². The maximum atomic E-state index is 6.97. The topological polar surface area (TPSA) is 23.0 Å². The first-order valence-electron chi connectivity index (χ1n) is 21.6. The predicted molar refractivity (Wildman–Crippen MR) is 264 cm³/mol. The van der Waals surface area contributed by atoms with E-state index in [4.69, 9.17) is 4.42 Å². The number of aromatic nitrogens is 2. The Morgan fingerprint density at radius 2 is 0.857 bits per heavy atom. The minimum Gasteiger partial charge on any atom is -0.454 e. The second kappa shape index (κ2) is 14.1. The molecule has 0 aliphatic carbocycles. The maximum Gasteiger partial charge on any atom is 0.160 e. The number of hydrogen-bond acceptors (Lipinski definition) is 1. The fourth-order valence-electron chi connectivity index (χ4n) is 10.2. The van der Waals surface area contributed by atoms with E-state index >= 15 is 0 Å². The van der Waals surface area contributed by atoms with Crippen LogP contribution in [0.2, 0.25) is 0 Å². The highest BCUT2D eigenvalue weighted by molar-refractivity contribution is 6.20. The molecule has 0 saturated carbocycles. The van der Waals surface area contributed by atoms with Gasteiger partial charge in [-0.2, -0.15) is 0 Å². The van der Waals surface area contributed by atoms with Gasteiger partial charge in [-0.3, -0.25) is 0 Å². The Bertz CT molecular complexity index is 3890. The Labute approximate surface area is 363 Å². The van der Waals surface area contributed by atoms with Gasteiger partial charge in [-0.15, -0.1) is 0 Å². The van der Waals surface area contributed by atoms with Crippen molar-refractivity contribution in [3.63, 3.8) is 0 Å². The molecule has 0 N–H and O–H groups in total. The van der Waals surface area contributed by atoms with Crippen LogP contribution in [-0.4, -0.2) is 9.13 Å². The number of furan rings is 1. The zero-order valence-electron chi connectivity index (χ0n) is 34.2. The van der Waals surface area contributed by atoms with Crippen LogP contribution in [-0.2, 0) is 0 Å². The molecule has 3 nitrogen and oxygen atoms in total. The number of nitrogens with zero attached hydrogens (tertiary/aromatic N) is 2. The van der Waals surface area contributed by atoms with Crippen molar-refractivity contribution in [3.05, 3.63) is 231 Å². The summed E-state index contributed by atoms with van der Waals surface area (Å²) < 4.78 is 11.8. The third kappa shape index (κ3) is 5.46. The molecule has 13 aromatic rings. The first-order chi connectivity index (χ1) is 31.3. The molecule has 0 fully saturated rings. The highest BCUT2D eigenvalue weighted by Crippen LogP contribution is 2.46.